The van der Waals surface area contributed by atoms with E-state index >= 15 is 0 Å². The summed E-state index contributed by atoms with van der Waals surface area (Å²) in [6, 6.07) is 25.1. The number of nitrogens with zero attached hydrogens (tertiary/aromatic N) is 1. The number of rotatable bonds is 8. The van der Waals surface area contributed by atoms with Gasteiger partial charge in [-0.25, -0.2) is 4.79 Å². The largest absolute Gasteiger partial charge is 0.489 e. The highest BCUT2D eigenvalue weighted by Crippen LogP contribution is 2.65. The summed E-state index contributed by atoms with van der Waals surface area (Å²) in [4.78, 5) is 42.4. The monoisotopic (exact) mass is 519 g/mol. The number of benzene rings is 3. The van der Waals surface area contributed by atoms with Gasteiger partial charge in [-0.1, -0.05) is 72.8 Å². The van der Waals surface area contributed by atoms with Crippen LogP contribution in [0.15, 0.2) is 97.1 Å². The highest BCUT2D eigenvalue weighted by molar-refractivity contribution is 6.09. The van der Waals surface area contributed by atoms with Crippen molar-refractivity contribution in [2.45, 2.75) is 25.5 Å². The highest BCUT2D eigenvalue weighted by atomic mass is 16.5. The molecule has 1 heterocycles. The van der Waals surface area contributed by atoms with Crippen LogP contribution in [-0.2, 0) is 27.4 Å². The van der Waals surface area contributed by atoms with Crippen LogP contribution in [0.1, 0.15) is 17.5 Å². The van der Waals surface area contributed by atoms with E-state index < -0.39 is 12.0 Å². The Balaban J connectivity index is 1.10. The number of amides is 2. The van der Waals surface area contributed by atoms with Crippen molar-refractivity contribution in [3.8, 4) is 11.5 Å². The second-order valence-corrected chi connectivity index (χ2v) is 11.1. The zero-order valence-electron chi connectivity index (χ0n) is 21.4. The Labute approximate surface area is 227 Å². The van der Waals surface area contributed by atoms with Crippen LogP contribution in [-0.4, -0.2) is 28.7 Å². The van der Waals surface area contributed by atoms with Gasteiger partial charge in [-0.2, -0.15) is 0 Å². The minimum Gasteiger partial charge on any atom is -0.489 e. The van der Waals surface area contributed by atoms with Crippen LogP contribution in [0.5, 0.6) is 11.5 Å². The number of esters is 1. The number of imide groups is 1. The maximum absolute atomic E-state index is 13.8. The van der Waals surface area contributed by atoms with Gasteiger partial charge in [0.15, 0.2) is 0 Å². The minimum absolute atomic E-state index is 0.100. The fourth-order valence-electron chi connectivity index (χ4n) is 6.93. The van der Waals surface area contributed by atoms with E-state index in [9.17, 15) is 14.4 Å². The molecule has 5 aliphatic rings. The molecular weight excluding hydrogens is 490 g/mol. The normalized spacial score (nSPS) is 28.6. The number of hydrogen-bond acceptors (Lipinski definition) is 5. The number of allylic oxidation sites excluding steroid dienone is 2. The van der Waals surface area contributed by atoms with Gasteiger partial charge < -0.3 is 9.47 Å². The lowest BCUT2D eigenvalue weighted by Gasteiger charge is -2.37. The Hall–Kier alpha value is -4.19. The third-order valence-electron chi connectivity index (χ3n) is 8.84. The average molecular weight is 520 g/mol. The Morgan fingerprint density at radius 3 is 1.87 bits per heavy atom. The molecule has 3 aromatic carbocycles. The molecule has 0 N–H and O–H groups in total. The molecule has 8 rings (SSSR count). The van der Waals surface area contributed by atoms with Crippen LogP contribution in [0, 0.1) is 35.5 Å². The summed E-state index contributed by atoms with van der Waals surface area (Å²) in [6.45, 7) is 0.430. The van der Waals surface area contributed by atoms with Crippen LogP contribution in [0.4, 0.5) is 0 Å². The van der Waals surface area contributed by atoms with E-state index in [1.165, 1.54) is 4.90 Å². The first kappa shape index (κ1) is 23.9. The SMILES string of the molecule is O=C(Oc1ccc(OCc2ccccc2)cc1)C(Cc1ccccc1)N1C(=O)C2C3C=CC(C4CC34)C2C1=O. The van der Waals surface area contributed by atoms with Gasteiger partial charge >= 0.3 is 5.97 Å². The highest BCUT2D eigenvalue weighted by Gasteiger charge is 2.68. The van der Waals surface area contributed by atoms with E-state index in [4.69, 9.17) is 9.47 Å². The zero-order chi connectivity index (χ0) is 26.5. The molecule has 6 nitrogen and oxygen atoms in total. The fraction of sp³-hybridized carbons (Fsp3) is 0.303. The van der Waals surface area contributed by atoms with Gasteiger partial charge in [0.2, 0.25) is 11.8 Å². The molecule has 7 unspecified atom stereocenters. The standard InChI is InChI=1S/C33H29NO5/c35-31-29-24-15-16-25(27-18-26(24)27)30(29)32(36)34(31)28(17-20-7-3-1-4-8-20)33(37)39-23-13-11-22(12-14-23)38-19-21-9-5-2-6-10-21/h1-16,24-30H,17-19H2. The van der Waals surface area contributed by atoms with Crippen molar-refractivity contribution in [1.29, 1.82) is 0 Å². The van der Waals surface area contributed by atoms with Crippen LogP contribution in [0.2, 0.25) is 0 Å². The Bertz CT molecular complexity index is 1400. The van der Waals surface area contributed by atoms with Gasteiger partial charge in [0.1, 0.15) is 24.1 Å². The molecule has 196 valence electrons. The third kappa shape index (κ3) is 4.24. The number of hydrogen-bond donors (Lipinski definition) is 0. The van der Waals surface area contributed by atoms with Crippen molar-refractivity contribution in [3.63, 3.8) is 0 Å². The summed E-state index contributed by atoms with van der Waals surface area (Å²) in [7, 11) is 0. The minimum atomic E-state index is -1.03. The van der Waals surface area contributed by atoms with Gasteiger partial charge in [0, 0.05) is 6.42 Å². The average Bonchev–Trinajstić information content (AvgIpc) is 3.76. The lowest BCUT2D eigenvalue weighted by Crippen LogP contribution is -2.48. The number of ether oxygens (including phenoxy) is 2. The van der Waals surface area contributed by atoms with E-state index in [2.05, 4.69) is 12.2 Å². The Morgan fingerprint density at radius 1 is 0.744 bits per heavy atom. The maximum Gasteiger partial charge on any atom is 0.335 e. The van der Waals surface area contributed by atoms with Crippen molar-refractivity contribution in [3.05, 3.63) is 108 Å². The molecule has 0 aromatic heterocycles. The lowest BCUT2D eigenvalue weighted by atomic mass is 9.63. The van der Waals surface area contributed by atoms with Gasteiger partial charge in [-0.15, -0.1) is 0 Å². The molecule has 2 amide bonds. The van der Waals surface area contributed by atoms with Crippen LogP contribution >= 0.6 is 0 Å². The number of carbonyl (C=O) groups is 3. The second kappa shape index (κ2) is 9.53. The molecule has 39 heavy (non-hydrogen) atoms. The molecule has 0 spiro atoms. The summed E-state index contributed by atoms with van der Waals surface area (Å²) in [5.74, 6) is 0.412. The molecule has 0 radical (unpaired) electrons. The Morgan fingerprint density at radius 2 is 1.28 bits per heavy atom. The van der Waals surface area contributed by atoms with Crippen molar-refractivity contribution in [1.82, 2.24) is 4.90 Å². The topological polar surface area (TPSA) is 72.9 Å². The van der Waals surface area contributed by atoms with E-state index in [1.54, 1.807) is 24.3 Å². The van der Waals surface area contributed by atoms with Crippen LogP contribution in [0.3, 0.4) is 0 Å². The van der Waals surface area contributed by atoms with E-state index in [0.29, 0.717) is 29.9 Å². The molecule has 2 saturated carbocycles. The van der Waals surface area contributed by atoms with Crippen molar-refractivity contribution >= 4 is 17.8 Å². The van der Waals surface area contributed by atoms with Crippen LogP contribution in [0.25, 0.3) is 0 Å². The molecule has 3 aromatic rings. The quantitative estimate of drug-likeness (QED) is 0.184. The van der Waals surface area contributed by atoms with E-state index in [1.807, 2.05) is 60.7 Å². The fourth-order valence-corrected chi connectivity index (χ4v) is 6.93. The van der Waals surface area contributed by atoms with Gasteiger partial charge in [-0.05, 0) is 65.5 Å². The zero-order valence-corrected chi connectivity index (χ0v) is 21.4. The number of likely N-dealkylation sites (tertiary alicyclic amines) is 1. The van der Waals surface area contributed by atoms with Crippen molar-refractivity contribution in [2.24, 2.45) is 35.5 Å². The number of carbonyl (C=O) groups excluding carboxylic acids is 3. The van der Waals surface area contributed by atoms with Crippen LogP contribution < -0.4 is 9.47 Å². The molecular formula is C33H29NO5. The smallest absolute Gasteiger partial charge is 0.335 e. The molecule has 4 aliphatic carbocycles. The predicted octanol–water partition coefficient (Wildman–Crippen LogP) is 4.84. The first-order chi connectivity index (χ1) is 19.1. The van der Waals surface area contributed by atoms with Crippen molar-refractivity contribution in [2.75, 3.05) is 0 Å². The van der Waals surface area contributed by atoms with Gasteiger partial charge in [0.25, 0.3) is 0 Å². The second-order valence-electron chi connectivity index (χ2n) is 11.1. The maximum atomic E-state index is 13.8. The Kier molecular flexibility index (Phi) is 5.84. The molecule has 7 atom stereocenters. The summed E-state index contributed by atoms with van der Waals surface area (Å²) in [6.07, 6.45) is 5.59. The van der Waals surface area contributed by atoms with E-state index in [0.717, 1.165) is 17.5 Å². The summed E-state index contributed by atoms with van der Waals surface area (Å²) < 4.78 is 11.6. The first-order valence-corrected chi connectivity index (χ1v) is 13.7. The molecule has 6 heteroatoms. The van der Waals surface area contributed by atoms with Crippen molar-refractivity contribution < 1.29 is 23.9 Å². The van der Waals surface area contributed by atoms with Gasteiger partial charge in [0.05, 0.1) is 11.8 Å². The lowest BCUT2D eigenvalue weighted by molar-refractivity contribution is -0.153. The summed E-state index contributed by atoms with van der Waals surface area (Å²) >= 11 is 0. The summed E-state index contributed by atoms with van der Waals surface area (Å²) in [5, 5.41) is 0. The van der Waals surface area contributed by atoms with Gasteiger partial charge in [-0.3, -0.25) is 14.5 Å². The molecule has 2 bridgehead atoms. The third-order valence-corrected chi connectivity index (χ3v) is 8.84. The summed E-state index contributed by atoms with van der Waals surface area (Å²) in [5.41, 5.74) is 1.92. The first-order valence-electron chi connectivity index (χ1n) is 13.7. The molecule has 1 saturated heterocycles. The predicted molar refractivity (Wildman–Crippen MR) is 143 cm³/mol. The molecule has 1 aliphatic heterocycles. The molecule has 3 fully saturated rings. The van der Waals surface area contributed by atoms with E-state index in [-0.39, 0.29) is 41.9 Å².